The normalized spacial score (nSPS) is 14.7. The molecular weight excluding hydrogens is 346 g/mol. The SMILES string of the molecule is COc1ccc(Br)c2c1/C(=N\OC(=O)c1ccccc1)CC2. The van der Waals surface area contributed by atoms with Crippen molar-refractivity contribution in [2.75, 3.05) is 7.11 Å². The average Bonchev–Trinajstić information content (AvgIpc) is 2.99. The number of carbonyl (C=O) groups excluding carboxylic acids is 1. The van der Waals surface area contributed by atoms with Gasteiger partial charge in [-0.05, 0) is 42.7 Å². The van der Waals surface area contributed by atoms with E-state index in [2.05, 4.69) is 21.1 Å². The largest absolute Gasteiger partial charge is 0.496 e. The second-order valence-electron chi connectivity index (χ2n) is 4.89. The van der Waals surface area contributed by atoms with Gasteiger partial charge in [0.25, 0.3) is 0 Å². The van der Waals surface area contributed by atoms with Crippen LogP contribution in [0.3, 0.4) is 0 Å². The van der Waals surface area contributed by atoms with E-state index in [1.54, 1.807) is 31.4 Å². The molecule has 0 unspecified atom stereocenters. The summed E-state index contributed by atoms with van der Waals surface area (Å²) in [5.74, 6) is 0.278. The minimum atomic E-state index is -0.462. The molecule has 0 radical (unpaired) electrons. The van der Waals surface area contributed by atoms with E-state index >= 15 is 0 Å². The van der Waals surface area contributed by atoms with Crippen molar-refractivity contribution in [1.82, 2.24) is 0 Å². The molecule has 0 fully saturated rings. The Morgan fingerprint density at radius 1 is 1.14 bits per heavy atom. The molecule has 0 aliphatic heterocycles. The molecule has 0 aromatic heterocycles. The van der Waals surface area contributed by atoms with Crippen LogP contribution in [0.1, 0.15) is 27.9 Å². The van der Waals surface area contributed by atoms with Crippen molar-refractivity contribution in [1.29, 1.82) is 0 Å². The molecule has 112 valence electrons. The van der Waals surface area contributed by atoms with Crippen LogP contribution in [0.5, 0.6) is 5.75 Å². The van der Waals surface area contributed by atoms with Crippen LogP contribution in [-0.2, 0) is 11.3 Å². The fourth-order valence-electron chi connectivity index (χ4n) is 2.51. The fraction of sp³-hybridized carbons (Fsp3) is 0.176. The number of halogens is 1. The maximum atomic E-state index is 12.0. The fourth-order valence-corrected chi connectivity index (χ4v) is 3.04. The van der Waals surface area contributed by atoms with E-state index < -0.39 is 5.97 Å². The van der Waals surface area contributed by atoms with Crippen LogP contribution in [0.15, 0.2) is 52.1 Å². The van der Waals surface area contributed by atoms with E-state index in [0.717, 1.165) is 39.9 Å². The van der Waals surface area contributed by atoms with Gasteiger partial charge in [-0.1, -0.05) is 39.3 Å². The number of benzene rings is 2. The van der Waals surface area contributed by atoms with E-state index in [4.69, 9.17) is 9.57 Å². The molecule has 2 aromatic rings. The minimum Gasteiger partial charge on any atom is -0.496 e. The van der Waals surface area contributed by atoms with E-state index in [9.17, 15) is 4.79 Å². The van der Waals surface area contributed by atoms with E-state index in [1.165, 1.54) is 0 Å². The van der Waals surface area contributed by atoms with Crippen molar-refractivity contribution in [3.8, 4) is 5.75 Å². The van der Waals surface area contributed by atoms with Gasteiger partial charge in [0.1, 0.15) is 5.75 Å². The van der Waals surface area contributed by atoms with Gasteiger partial charge in [-0.15, -0.1) is 0 Å². The van der Waals surface area contributed by atoms with Crippen LogP contribution < -0.4 is 4.74 Å². The van der Waals surface area contributed by atoms with Gasteiger partial charge in [0.2, 0.25) is 0 Å². The Morgan fingerprint density at radius 3 is 2.64 bits per heavy atom. The number of methoxy groups -OCH3 is 1. The molecule has 1 aliphatic carbocycles. The zero-order valence-electron chi connectivity index (χ0n) is 12.0. The summed E-state index contributed by atoms with van der Waals surface area (Å²) in [5, 5.41) is 4.06. The molecule has 0 amide bonds. The Morgan fingerprint density at radius 2 is 1.91 bits per heavy atom. The number of hydrogen-bond donors (Lipinski definition) is 0. The summed E-state index contributed by atoms with van der Waals surface area (Å²) in [6.45, 7) is 0. The van der Waals surface area contributed by atoms with Crippen molar-refractivity contribution in [2.24, 2.45) is 5.16 Å². The van der Waals surface area contributed by atoms with Crippen LogP contribution in [0.2, 0.25) is 0 Å². The highest BCUT2D eigenvalue weighted by Gasteiger charge is 2.25. The van der Waals surface area contributed by atoms with Crippen LogP contribution in [0, 0.1) is 0 Å². The Kier molecular flexibility index (Phi) is 4.24. The summed E-state index contributed by atoms with van der Waals surface area (Å²) in [4.78, 5) is 17.1. The molecular formula is C17H14BrNO3. The Labute approximate surface area is 136 Å². The average molecular weight is 360 g/mol. The third kappa shape index (κ3) is 2.76. The molecule has 0 atom stereocenters. The highest BCUT2D eigenvalue weighted by Crippen LogP contribution is 2.36. The molecule has 22 heavy (non-hydrogen) atoms. The zero-order chi connectivity index (χ0) is 15.5. The molecule has 0 heterocycles. The van der Waals surface area contributed by atoms with Gasteiger partial charge in [0.05, 0.1) is 18.4 Å². The third-order valence-corrected chi connectivity index (χ3v) is 4.33. The highest BCUT2D eigenvalue weighted by molar-refractivity contribution is 9.10. The molecule has 0 N–H and O–H groups in total. The number of oxime groups is 1. The van der Waals surface area contributed by atoms with Gasteiger partial charge < -0.3 is 9.57 Å². The van der Waals surface area contributed by atoms with Crippen molar-refractivity contribution in [2.45, 2.75) is 12.8 Å². The quantitative estimate of drug-likeness (QED) is 0.615. The zero-order valence-corrected chi connectivity index (χ0v) is 13.6. The smallest absolute Gasteiger partial charge is 0.365 e. The number of fused-ring (bicyclic) bond motifs is 1. The lowest BCUT2D eigenvalue weighted by Gasteiger charge is -2.09. The van der Waals surface area contributed by atoms with Crippen molar-refractivity contribution in [3.63, 3.8) is 0 Å². The lowest BCUT2D eigenvalue weighted by atomic mass is 10.1. The van der Waals surface area contributed by atoms with Crippen molar-refractivity contribution in [3.05, 3.63) is 63.6 Å². The number of ether oxygens (including phenoxy) is 1. The number of carbonyl (C=O) groups is 1. The van der Waals surface area contributed by atoms with Gasteiger partial charge in [-0.25, -0.2) is 4.79 Å². The van der Waals surface area contributed by atoms with Crippen LogP contribution in [0.4, 0.5) is 0 Å². The molecule has 4 nitrogen and oxygen atoms in total. The minimum absolute atomic E-state index is 0.462. The summed E-state index contributed by atoms with van der Waals surface area (Å²) in [6.07, 6.45) is 1.56. The Bertz CT molecular complexity index is 741. The molecule has 3 rings (SSSR count). The Balaban J connectivity index is 1.87. The van der Waals surface area contributed by atoms with E-state index in [-0.39, 0.29) is 0 Å². The topological polar surface area (TPSA) is 47.9 Å². The van der Waals surface area contributed by atoms with Crippen LogP contribution in [-0.4, -0.2) is 18.8 Å². The molecule has 0 saturated heterocycles. The maximum Gasteiger partial charge on any atom is 0.365 e. The molecule has 0 saturated carbocycles. The predicted molar refractivity (Wildman–Crippen MR) is 87.4 cm³/mol. The molecule has 1 aliphatic rings. The number of hydrogen-bond acceptors (Lipinski definition) is 4. The van der Waals surface area contributed by atoms with Crippen LogP contribution >= 0.6 is 15.9 Å². The van der Waals surface area contributed by atoms with E-state index in [1.807, 2.05) is 18.2 Å². The van der Waals surface area contributed by atoms with Gasteiger partial charge in [-0.2, -0.15) is 0 Å². The summed E-state index contributed by atoms with van der Waals surface area (Å²) in [7, 11) is 1.62. The first kappa shape index (κ1) is 14.8. The second kappa shape index (κ2) is 6.32. The van der Waals surface area contributed by atoms with Gasteiger partial charge >= 0.3 is 5.97 Å². The van der Waals surface area contributed by atoms with Gasteiger partial charge in [-0.3, -0.25) is 0 Å². The summed E-state index contributed by atoms with van der Waals surface area (Å²) in [5.41, 5.74) is 3.26. The molecule has 0 bridgehead atoms. The third-order valence-electron chi connectivity index (χ3n) is 3.59. The monoisotopic (exact) mass is 359 g/mol. The summed E-state index contributed by atoms with van der Waals surface area (Å²) >= 11 is 3.54. The molecule has 5 heteroatoms. The second-order valence-corrected chi connectivity index (χ2v) is 5.74. The number of rotatable bonds is 3. The summed E-state index contributed by atoms with van der Waals surface area (Å²) < 4.78 is 6.41. The van der Waals surface area contributed by atoms with Crippen LogP contribution in [0.25, 0.3) is 0 Å². The first-order chi connectivity index (χ1) is 10.7. The molecule has 2 aromatic carbocycles. The standard InChI is InChI=1S/C17H14BrNO3/c1-21-15-10-8-13(18)12-7-9-14(16(12)15)19-22-17(20)11-5-3-2-4-6-11/h2-6,8,10H,7,9H2,1H3/b19-14-. The van der Waals surface area contributed by atoms with Crippen molar-refractivity contribution >= 4 is 27.6 Å². The lowest BCUT2D eigenvalue weighted by molar-refractivity contribution is 0.0516. The predicted octanol–water partition coefficient (Wildman–Crippen LogP) is 3.97. The van der Waals surface area contributed by atoms with E-state index in [0.29, 0.717) is 5.56 Å². The van der Waals surface area contributed by atoms with Gasteiger partial charge in [0, 0.05) is 10.0 Å². The maximum absolute atomic E-state index is 12.0. The van der Waals surface area contributed by atoms with Crippen molar-refractivity contribution < 1.29 is 14.4 Å². The molecule has 0 spiro atoms. The first-order valence-corrected chi connectivity index (χ1v) is 7.69. The first-order valence-electron chi connectivity index (χ1n) is 6.89. The number of nitrogens with zero attached hydrogens (tertiary/aromatic N) is 1. The lowest BCUT2D eigenvalue weighted by Crippen LogP contribution is -2.05. The van der Waals surface area contributed by atoms with Gasteiger partial charge in [0.15, 0.2) is 0 Å². The highest BCUT2D eigenvalue weighted by atomic mass is 79.9. The Hall–Kier alpha value is -2.14. The summed E-state index contributed by atoms with van der Waals surface area (Å²) in [6, 6.07) is 12.6.